The summed E-state index contributed by atoms with van der Waals surface area (Å²) in [6.45, 7) is 7.53. The summed E-state index contributed by atoms with van der Waals surface area (Å²) in [4.78, 5) is 11.3. The topological polar surface area (TPSA) is 113 Å². The van der Waals surface area contributed by atoms with Crippen molar-refractivity contribution in [3.63, 3.8) is 0 Å². The van der Waals surface area contributed by atoms with E-state index in [1.54, 1.807) is 6.92 Å². The first-order valence-corrected chi connectivity index (χ1v) is 8.35. The Morgan fingerprint density at radius 3 is 2.24 bits per heavy atom. The molecule has 0 spiro atoms. The van der Waals surface area contributed by atoms with E-state index in [4.69, 9.17) is 4.55 Å². The maximum atomic E-state index is 11.3. The molecule has 1 amide bonds. The standard InChI is InChI=1S/C13H26N2O4S.H2O/c1-12(2)13(16)14-8-10-15(3,4)9-6-5-7-11-20(17,18)19;/h1,5-11H2,2-4H3,(H-,14,16,17,18,19);1H2. The van der Waals surface area contributed by atoms with Gasteiger partial charge in [-0.3, -0.25) is 9.35 Å². The van der Waals surface area contributed by atoms with Crippen LogP contribution in [0.3, 0.4) is 0 Å². The summed E-state index contributed by atoms with van der Waals surface area (Å²) < 4.78 is 30.5. The highest BCUT2D eigenvalue weighted by Gasteiger charge is 2.15. The van der Waals surface area contributed by atoms with Gasteiger partial charge in [-0.25, -0.2) is 0 Å². The first kappa shape index (κ1) is 22.3. The van der Waals surface area contributed by atoms with Crippen molar-refractivity contribution < 1.29 is 27.7 Å². The molecule has 0 aromatic heterocycles. The van der Waals surface area contributed by atoms with E-state index in [1.165, 1.54) is 0 Å². The second-order valence-electron chi connectivity index (χ2n) is 5.77. The molecule has 0 aliphatic rings. The molecule has 0 bridgehead atoms. The van der Waals surface area contributed by atoms with Gasteiger partial charge in [0.25, 0.3) is 10.1 Å². The zero-order valence-corrected chi connectivity index (χ0v) is 13.9. The van der Waals surface area contributed by atoms with E-state index >= 15 is 0 Å². The Morgan fingerprint density at radius 1 is 1.19 bits per heavy atom. The maximum absolute atomic E-state index is 11.3. The molecule has 0 aromatic rings. The SMILES string of the molecule is C=C(C)C(=O)NCC[N+](C)(C)CCCCCS(=O)(=O)O.[OH-]. The second-order valence-corrected chi connectivity index (χ2v) is 7.34. The van der Waals surface area contributed by atoms with Crippen molar-refractivity contribution in [2.24, 2.45) is 0 Å². The van der Waals surface area contributed by atoms with Crippen LogP contribution >= 0.6 is 0 Å². The van der Waals surface area contributed by atoms with Crippen molar-refractivity contribution in [3.05, 3.63) is 12.2 Å². The Labute approximate surface area is 127 Å². The number of quaternary nitrogens is 1. The van der Waals surface area contributed by atoms with Gasteiger partial charge in [0.05, 0.1) is 39.5 Å². The predicted molar refractivity (Wildman–Crippen MR) is 81.9 cm³/mol. The van der Waals surface area contributed by atoms with Crippen molar-refractivity contribution in [2.45, 2.75) is 26.2 Å². The number of unbranched alkanes of at least 4 members (excludes halogenated alkanes) is 2. The number of hydrogen-bond donors (Lipinski definition) is 2. The van der Waals surface area contributed by atoms with Gasteiger partial charge in [0.2, 0.25) is 5.91 Å². The minimum absolute atomic E-state index is 0. The van der Waals surface area contributed by atoms with Gasteiger partial charge >= 0.3 is 0 Å². The number of nitrogens with zero attached hydrogens (tertiary/aromatic N) is 1. The van der Waals surface area contributed by atoms with E-state index in [9.17, 15) is 13.2 Å². The van der Waals surface area contributed by atoms with Crippen LogP contribution in [0.2, 0.25) is 0 Å². The molecular formula is C13H28N2O5S. The molecule has 0 fully saturated rings. The number of carbonyl (C=O) groups is 1. The summed E-state index contributed by atoms with van der Waals surface area (Å²) in [5, 5.41) is 2.79. The number of nitrogens with one attached hydrogen (secondary N) is 1. The Hall–Kier alpha value is -0.960. The Kier molecular flexibility index (Phi) is 10.5. The summed E-state index contributed by atoms with van der Waals surface area (Å²) in [6.07, 6.45) is 2.13. The quantitative estimate of drug-likeness (QED) is 0.265. The van der Waals surface area contributed by atoms with Crippen LogP contribution in [0.15, 0.2) is 12.2 Å². The van der Waals surface area contributed by atoms with E-state index in [1.807, 2.05) is 0 Å². The second kappa shape index (κ2) is 9.88. The molecule has 0 atom stereocenters. The lowest BCUT2D eigenvalue weighted by molar-refractivity contribution is -0.889. The summed E-state index contributed by atoms with van der Waals surface area (Å²) in [7, 11) is 0.298. The van der Waals surface area contributed by atoms with Crippen LogP contribution in [0.1, 0.15) is 26.2 Å². The molecule has 21 heavy (non-hydrogen) atoms. The van der Waals surface area contributed by atoms with Crippen molar-refractivity contribution in [1.29, 1.82) is 0 Å². The first-order chi connectivity index (χ1) is 9.03. The molecule has 8 heteroatoms. The van der Waals surface area contributed by atoms with Gasteiger partial charge in [-0.15, -0.1) is 0 Å². The molecule has 0 heterocycles. The van der Waals surface area contributed by atoms with Crippen molar-refractivity contribution in [2.75, 3.05) is 39.5 Å². The normalized spacial score (nSPS) is 11.6. The smallest absolute Gasteiger partial charge is 0.264 e. The van der Waals surface area contributed by atoms with Crippen LogP contribution in [0.5, 0.6) is 0 Å². The highest BCUT2D eigenvalue weighted by atomic mass is 32.2. The lowest BCUT2D eigenvalue weighted by Gasteiger charge is -2.30. The van der Waals surface area contributed by atoms with Crippen molar-refractivity contribution in [3.8, 4) is 0 Å². The third kappa shape index (κ3) is 13.8. The molecule has 0 rings (SSSR count). The minimum Gasteiger partial charge on any atom is -0.870 e. The van der Waals surface area contributed by atoms with Gasteiger partial charge in [0, 0.05) is 5.57 Å². The van der Waals surface area contributed by atoms with Gasteiger partial charge in [-0.05, 0) is 26.2 Å². The molecule has 0 aromatic carbocycles. The highest BCUT2D eigenvalue weighted by molar-refractivity contribution is 7.85. The van der Waals surface area contributed by atoms with E-state index < -0.39 is 10.1 Å². The lowest BCUT2D eigenvalue weighted by Crippen LogP contribution is -2.46. The third-order valence-corrected chi connectivity index (χ3v) is 3.86. The molecule has 126 valence electrons. The Balaban J connectivity index is 0. The number of likely N-dealkylation sites (N-methyl/N-ethyl adjacent to an activating group) is 1. The molecule has 3 N–H and O–H groups in total. The van der Waals surface area contributed by atoms with Gasteiger partial charge in [0.15, 0.2) is 0 Å². The average Bonchev–Trinajstić information content (AvgIpc) is 2.26. The predicted octanol–water partition coefficient (Wildman–Crippen LogP) is 0.636. The number of hydrogen-bond acceptors (Lipinski definition) is 4. The Bertz CT molecular complexity index is 432. The molecule has 0 aliphatic heterocycles. The van der Waals surface area contributed by atoms with Crippen molar-refractivity contribution >= 4 is 16.0 Å². The van der Waals surface area contributed by atoms with Gasteiger partial charge in [0.1, 0.15) is 0 Å². The van der Waals surface area contributed by atoms with Crippen LogP contribution in [-0.4, -0.2) is 68.3 Å². The molecular weight excluding hydrogens is 296 g/mol. The van der Waals surface area contributed by atoms with E-state index in [2.05, 4.69) is 26.0 Å². The van der Waals surface area contributed by atoms with Crippen LogP contribution in [0.4, 0.5) is 0 Å². The van der Waals surface area contributed by atoms with Crippen LogP contribution < -0.4 is 5.32 Å². The molecule has 7 nitrogen and oxygen atoms in total. The first-order valence-electron chi connectivity index (χ1n) is 6.74. The maximum Gasteiger partial charge on any atom is 0.264 e. The fourth-order valence-electron chi connectivity index (χ4n) is 1.74. The highest BCUT2D eigenvalue weighted by Crippen LogP contribution is 2.04. The molecule has 0 saturated heterocycles. The van der Waals surface area contributed by atoms with E-state index in [0.29, 0.717) is 18.5 Å². The largest absolute Gasteiger partial charge is 0.870 e. The van der Waals surface area contributed by atoms with Crippen LogP contribution in [0, 0.1) is 0 Å². The van der Waals surface area contributed by atoms with Gasteiger partial charge < -0.3 is 15.3 Å². The summed E-state index contributed by atoms with van der Waals surface area (Å²) in [5.74, 6) is -0.298. The number of amides is 1. The lowest BCUT2D eigenvalue weighted by atomic mass is 10.2. The van der Waals surface area contributed by atoms with Crippen LogP contribution in [-0.2, 0) is 14.9 Å². The Morgan fingerprint density at radius 2 is 1.76 bits per heavy atom. The molecule has 0 radical (unpaired) electrons. The zero-order valence-electron chi connectivity index (χ0n) is 13.1. The molecule has 0 unspecified atom stereocenters. The summed E-state index contributed by atoms with van der Waals surface area (Å²) in [5.41, 5.74) is 0.500. The minimum atomic E-state index is -3.83. The number of rotatable bonds is 10. The van der Waals surface area contributed by atoms with E-state index in [0.717, 1.165) is 30.4 Å². The molecule has 0 aliphatic carbocycles. The van der Waals surface area contributed by atoms with Crippen LogP contribution in [0.25, 0.3) is 0 Å². The third-order valence-electron chi connectivity index (χ3n) is 3.06. The fourth-order valence-corrected chi connectivity index (χ4v) is 2.30. The van der Waals surface area contributed by atoms with E-state index in [-0.39, 0.29) is 17.1 Å². The van der Waals surface area contributed by atoms with Gasteiger partial charge in [-0.1, -0.05) is 6.58 Å². The summed E-state index contributed by atoms with van der Waals surface area (Å²) in [6, 6.07) is 0. The zero-order chi connectivity index (χ0) is 15.8. The van der Waals surface area contributed by atoms with Gasteiger partial charge in [-0.2, -0.15) is 8.42 Å². The average molecular weight is 324 g/mol. The summed E-state index contributed by atoms with van der Waals surface area (Å²) >= 11 is 0. The monoisotopic (exact) mass is 324 g/mol. The number of carbonyl (C=O) groups excluding carboxylic acids is 1. The van der Waals surface area contributed by atoms with Crippen molar-refractivity contribution in [1.82, 2.24) is 5.32 Å². The fraction of sp³-hybridized carbons (Fsp3) is 0.769. The molecule has 0 saturated carbocycles.